The molecule has 1 N–H and O–H groups in total. The number of aromatic carboxylic acids is 1. The minimum absolute atomic E-state index is 0. The van der Waals surface area contributed by atoms with Gasteiger partial charge in [0.05, 0.1) is 5.56 Å². The maximum atomic E-state index is 10.4. The van der Waals surface area contributed by atoms with Crippen LogP contribution in [0.3, 0.4) is 0 Å². The second-order valence-electron chi connectivity index (χ2n) is 2.12. The summed E-state index contributed by atoms with van der Waals surface area (Å²) >= 11 is 0. The summed E-state index contributed by atoms with van der Waals surface area (Å²) in [6.45, 7) is 1.78. The third-order valence-electron chi connectivity index (χ3n) is 1.38. The van der Waals surface area contributed by atoms with Gasteiger partial charge in [0.15, 0.2) is 0 Å². The van der Waals surface area contributed by atoms with E-state index in [1.807, 2.05) is 6.07 Å². The standard InChI is InChI=1S/C8H8O2.Ba.2H/c1-6-4-2-3-5-7(6)8(9)10;;;/h2-5H,1H3,(H,9,10);;;. The fraction of sp³-hybridized carbons (Fsp3) is 0.125. The average Bonchev–Trinajstić information content (AvgIpc) is 1.88. The number of aryl methyl sites for hydroxylation is 1. The van der Waals surface area contributed by atoms with Crippen molar-refractivity contribution >= 4 is 54.9 Å². The van der Waals surface area contributed by atoms with Gasteiger partial charge in [0.25, 0.3) is 0 Å². The van der Waals surface area contributed by atoms with E-state index in [4.69, 9.17) is 5.11 Å². The molecule has 1 rings (SSSR count). The number of benzene rings is 1. The van der Waals surface area contributed by atoms with Crippen LogP contribution in [0.2, 0.25) is 0 Å². The second-order valence-corrected chi connectivity index (χ2v) is 2.12. The molecule has 0 saturated heterocycles. The Morgan fingerprint density at radius 3 is 2.27 bits per heavy atom. The van der Waals surface area contributed by atoms with Crippen molar-refractivity contribution in [2.75, 3.05) is 0 Å². The van der Waals surface area contributed by atoms with Crippen LogP contribution >= 0.6 is 0 Å². The maximum absolute atomic E-state index is 10.4. The van der Waals surface area contributed by atoms with Crippen molar-refractivity contribution in [2.45, 2.75) is 6.92 Å². The number of rotatable bonds is 1. The third kappa shape index (κ3) is 3.01. The Balaban J connectivity index is 0.000001000. The SMILES string of the molecule is Cc1ccccc1C(=O)O.[BaH2]. The van der Waals surface area contributed by atoms with Crippen molar-refractivity contribution in [3.8, 4) is 0 Å². The zero-order chi connectivity index (χ0) is 7.56. The molecule has 0 aromatic heterocycles. The first-order chi connectivity index (χ1) is 4.72. The molecule has 0 aliphatic heterocycles. The van der Waals surface area contributed by atoms with Gasteiger partial charge in [-0.05, 0) is 18.6 Å². The molecule has 1 aromatic carbocycles. The summed E-state index contributed by atoms with van der Waals surface area (Å²) in [6, 6.07) is 6.92. The van der Waals surface area contributed by atoms with Gasteiger partial charge in [-0.1, -0.05) is 18.2 Å². The Labute approximate surface area is 106 Å². The van der Waals surface area contributed by atoms with Crippen LogP contribution in [0.15, 0.2) is 24.3 Å². The van der Waals surface area contributed by atoms with E-state index in [-0.39, 0.29) is 48.9 Å². The molecular formula is C8H10BaO2. The quantitative estimate of drug-likeness (QED) is 0.769. The van der Waals surface area contributed by atoms with E-state index in [1.54, 1.807) is 25.1 Å². The van der Waals surface area contributed by atoms with Crippen molar-refractivity contribution < 1.29 is 9.90 Å². The Morgan fingerprint density at radius 2 is 1.91 bits per heavy atom. The molecule has 0 spiro atoms. The van der Waals surface area contributed by atoms with E-state index in [0.717, 1.165) is 5.56 Å². The van der Waals surface area contributed by atoms with Gasteiger partial charge in [0.1, 0.15) is 0 Å². The predicted molar refractivity (Wildman–Crippen MR) is 46.7 cm³/mol. The number of hydrogen-bond donors (Lipinski definition) is 1. The van der Waals surface area contributed by atoms with Gasteiger partial charge in [0.2, 0.25) is 0 Å². The number of hydrogen-bond acceptors (Lipinski definition) is 1. The van der Waals surface area contributed by atoms with Gasteiger partial charge in [-0.3, -0.25) is 0 Å². The molecule has 0 aliphatic carbocycles. The number of carboxylic acids is 1. The van der Waals surface area contributed by atoms with Crippen LogP contribution in [0.1, 0.15) is 15.9 Å². The molecule has 0 unspecified atom stereocenters. The van der Waals surface area contributed by atoms with Crippen LogP contribution in [0, 0.1) is 6.92 Å². The van der Waals surface area contributed by atoms with Crippen LogP contribution < -0.4 is 0 Å². The van der Waals surface area contributed by atoms with Crippen LogP contribution in [-0.4, -0.2) is 60.0 Å². The van der Waals surface area contributed by atoms with Gasteiger partial charge < -0.3 is 5.11 Å². The van der Waals surface area contributed by atoms with E-state index in [9.17, 15) is 4.79 Å². The minimum atomic E-state index is -0.863. The molecule has 0 aliphatic rings. The predicted octanol–water partition coefficient (Wildman–Crippen LogP) is 0.777. The van der Waals surface area contributed by atoms with Crippen molar-refractivity contribution in [1.29, 1.82) is 0 Å². The molecule has 0 bridgehead atoms. The van der Waals surface area contributed by atoms with Gasteiger partial charge in [-0.15, -0.1) is 0 Å². The molecule has 3 heteroatoms. The summed E-state index contributed by atoms with van der Waals surface area (Å²) in [5.74, 6) is -0.863. The molecule has 1 aromatic rings. The average molecular weight is 275 g/mol. The summed E-state index contributed by atoms with van der Waals surface area (Å²) < 4.78 is 0. The van der Waals surface area contributed by atoms with Gasteiger partial charge in [-0.2, -0.15) is 0 Å². The zero-order valence-corrected chi connectivity index (χ0v) is 5.66. The summed E-state index contributed by atoms with van der Waals surface area (Å²) in [5.41, 5.74) is 1.18. The monoisotopic (exact) mass is 276 g/mol. The Hall–Kier alpha value is 0.261. The summed E-state index contributed by atoms with van der Waals surface area (Å²) in [5, 5.41) is 8.57. The third-order valence-corrected chi connectivity index (χ3v) is 1.38. The van der Waals surface area contributed by atoms with E-state index in [0.29, 0.717) is 5.56 Å². The van der Waals surface area contributed by atoms with Gasteiger partial charge >= 0.3 is 54.9 Å². The fourth-order valence-corrected chi connectivity index (χ4v) is 0.813. The van der Waals surface area contributed by atoms with Gasteiger partial charge in [-0.25, -0.2) is 4.79 Å². The topological polar surface area (TPSA) is 37.3 Å². The normalized spacial score (nSPS) is 8.45. The number of carboxylic acid groups (broad SMARTS) is 1. The van der Waals surface area contributed by atoms with Crippen molar-refractivity contribution in [3.63, 3.8) is 0 Å². The van der Waals surface area contributed by atoms with Crippen LogP contribution in [0.25, 0.3) is 0 Å². The summed E-state index contributed by atoms with van der Waals surface area (Å²) in [4.78, 5) is 10.4. The molecule has 56 valence electrons. The molecule has 0 amide bonds. The Bertz CT molecular complexity index is 258. The zero-order valence-electron chi connectivity index (χ0n) is 5.66. The van der Waals surface area contributed by atoms with E-state index in [1.165, 1.54) is 0 Å². The Kier molecular flexibility index (Phi) is 5.12. The molecule has 0 fully saturated rings. The van der Waals surface area contributed by atoms with E-state index >= 15 is 0 Å². The first-order valence-electron chi connectivity index (χ1n) is 3.01. The molecule has 0 saturated carbocycles. The van der Waals surface area contributed by atoms with Crippen molar-refractivity contribution in [3.05, 3.63) is 35.4 Å². The summed E-state index contributed by atoms with van der Waals surface area (Å²) in [6.07, 6.45) is 0. The van der Waals surface area contributed by atoms with Gasteiger partial charge in [0, 0.05) is 0 Å². The van der Waals surface area contributed by atoms with E-state index in [2.05, 4.69) is 0 Å². The van der Waals surface area contributed by atoms with Crippen LogP contribution in [0.4, 0.5) is 0 Å². The molecule has 2 nitrogen and oxygen atoms in total. The van der Waals surface area contributed by atoms with Crippen molar-refractivity contribution in [2.24, 2.45) is 0 Å². The molecule has 11 heavy (non-hydrogen) atoms. The molecule has 0 radical (unpaired) electrons. The summed E-state index contributed by atoms with van der Waals surface area (Å²) in [7, 11) is 0. The second kappa shape index (κ2) is 5.00. The first-order valence-corrected chi connectivity index (χ1v) is 3.01. The van der Waals surface area contributed by atoms with Crippen molar-refractivity contribution in [1.82, 2.24) is 0 Å². The molecule has 0 atom stereocenters. The first kappa shape index (κ1) is 11.3. The number of carbonyl (C=O) groups is 1. The fourth-order valence-electron chi connectivity index (χ4n) is 0.813. The van der Waals surface area contributed by atoms with Crippen LogP contribution in [0.5, 0.6) is 0 Å². The Morgan fingerprint density at radius 1 is 1.36 bits per heavy atom. The van der Waals surface area contributed by atoms with Crippen LogP contribution in [-0.2, 0) is 0 Å². The molecular weight excluding hydrogens is 265 g/mol. The van der Waals surface area contributed by atoms with E-state index < -0.39 is 5.97 Å². The molecule has 0 heterocycles.